The molecule has 0 radical (unpaired) electrons. The number of ether oxygens (including phenoxy) is 1. The van der Waals surface area contributed by atoms with Crippen molar-refractivity contribution in [2.45, 2.75) is 58.0 Å². The number of rotatable bonds is 5. The van der Waals surface area contributed by atoms with Crippen molar-refractivity contribution in [3.05, 3.63) is 23.8 Å². The van der Waals surface area contributed by atoms with E-state index in [0.717, 1.165) is 29.9 Å². The third kappa shape index (κ3) is 3.34. The predicted molar refractivity (Wildman–Crippen MR) is 87.4 cm³/mol. The van der Waals surface area contributed by atoms with Crippen molar-refractivity contribution in [3.63, 3.8) is 0 Å². The highest BCUT2D eigenvalue weighted by atomic mass is 16.5. The van der Waals surface area contributed by atoms with Crippen molar-refractivity contribution in [1.29, 1.82) is 0 Å². The van der Waals surface area contributed by atoms with Crippen molar-refractivity contribution in [1.82, 2.24) is 4.90 Å². The van der Waals surface area contributed by atoms with E-state index in [2.05, 4.69) is 11.0 Å². The fraction of sp³-hybridized carbons (Fsp3) is 0.667. The highest BCUT2D eigenvalue weighted by Gasteiger charge is 2.33. The maximum atomic E-state index is 5.98. The topological polar surface area (TPSA) is 38.5 Å². The quantitative estimate of drug-likeness (QED) is 0.837. The van der Waals surface area contributed by atoms with Crippen molar-refractivity contribution in [2.75, 3.05) is 18.9 Å². The number of hydrogen-bond donors (Lipinski definition) is 1. The van der Waals surface area contributed by atoms with Crippen molar-refractivity contribution in [2.24, 2.45) is 5.92 Å². The van der Waals surface area contributed by atoms with E-state index < -0.39 is 0 Å². The van der Waals surface area contributed by atoms with Gasteiger partial charge in [0.05, 0.1) is 6.61 Å². The summed E-state index contributed by atoms with van der Waals surface area (Å²) in [6.45, 7) is 4.96. The zero-order chi connectivity index (χ0) is 14.7. The third-order valence-corrected chi connectivity index (χ3v) is 5.12. The fourth-order valence-corrected chi connectivity index (χ4v) is 4.16. The molecule has 0 aromatic heterocycles. The van der Waals surface area contributed by atoms with Gasteiger partial charge in [-0.05, 0) is 63.3 Å². The van der Waals surface area contributed by atoms with Gasteiger partial charge in [-0.3, -0.25) is 4.90 Å². The van der Waals surface area contributed by atoms with E-state index in [1.54, 1.807) is 0 Å². The lowest BCUT2D eigenvalue weighted by molar-refractivity contribution is 0.180. The van der Waals surface area contributed by atoms with E-state index in [9.17, 15) is 0 Å². The van der Waals surface area contributed by atoms with E-state index in [4.69, 9.17) is 10.5 Å². The Morgan fingerprint density at radius 3 is 2.76 bits per heavy atom. The van der Waals surface area contributed by atoms with Gasteiger partial charge in [-0.25, -0.2) is 0 Å². The minimum absolute atomic E-state index is 0.711. The minimum atomic E-state index is 0.711. The van der Waals surface area contributed by atoms with Crippen LogP contribution in [0.2, 0.25) is 0 Å². The van der Waals surface area contributed by atoms with Crippen LogP contribution in [0, 0.1) is 5.92 Å². The molecule has 1 unspecified atom stereocenters. The van der Waals surface area contributed by atoms with E-state index in [0.29, 0.717) is 6.61 Å². The summed E-state index contributed by atoms with van der Waals surface area (Å²) >= 11 is 0. The maximum absolute atomic E-state index is 5.98. The van der Waals surface area contributed by atoms with Gasteiger partial charge in [-0.1, -0.05) is 12.8 Å². The molecule has 1 aromatic rings. The smallest absolute Gasteiger partial charge is 0.123 e. The van der Waals surface area contributed by atoms with E-state index in [1.807, 2.05) is 19.1 Å². The van der Waals surface area contributed by atoms with Crippen molar-refractivity contribution in [3.8, 4) is 5.75 Å². The van der Waals surface area contributed by atoms with Crippen LogP contribution >= 0.6 is 0 Å². The third-order valence-electron chi connectivity index (χ3n) is 5.12. The number of likely N-dealkylation sites (tertiary alicyclic amines) is 1. The second-order valence-corrected chi connectivity index (χ2v) is 6.52. The van der Waals surface area contributed by atoms with Crippen LogP contribution in [-0.2, 0) is 6.54 Å². The predicted octanol–water partition coefficient (Wildman–Crippen LogP) is 3.82. The molecule has 116 valence electrons. The molecule has 1 saturated carbocycles. The van der Waals surface area contributed by atoms with Gasteiger partial charge in [0.2, 0.25) is 0 Å². The zero-order valence-electron chi connectivity index (χ0n) is 13.2. The fourth-order valence-electron chi connectivity index (χ4n) is 4.16. The van der Waals surface area contributed by atoms with Gasteiger partial charge in [-0.2, -0.15) is 0 Å². The molecule has 1 heterocycles. The molecule has 0 amide bonds. The zero-order valence-corrected chi connectivity index (χ0v) is 13.2. The molecule has 2 N–H and O–H groups in total. The summed E-state index contributed by atoms with van der Waals surface area (Å²) in [6, 6.07) is 6.83. The molecule has 0 spiro atoms. The summed E-state index contributed by atoms with van der Waals surface area (Å²) in [4.78, 5) is 2.67. The number of nitrogens with zero attached hydrogens (tertiary/aromatic N) is 1. The first-order chi connectivity index (χ1) is 10.3. The van der Waals surface area contributed by atoms with Gasteiger partial charge < -0.3 is 10.5 Å². The normalized spacial score (nSPS) is 23.8. The van der Waals surface area contributed by atoms with Crippen LogP contribution in [0.25, 0.3) is 0 Å². The summed E-state index contributed by atoms with van der Waals surface area (Å²) in [5, 5.41) is 0. The summed E-state index contributed by atoms with van der Waals surface area (Å²) in [7, 11) is 0. The lowest BCUT2D eigenvalue weighted by Crippen LogP contribution is -2.34. The molecule has 1 saturated heterocycles. The van der Waals surface area contributed by atoms with Crippen molar-refractivity contribution < 1.29 is 4.74 Å². The van der Waals surface area contributed by atoms with Crippen LogP contribution in [0.4, 0.5) is 5.69 Å². The highest BCUT2D eigenvalue weighted by Crippen LogP contribution is 2.37. The summed E-state index contributed by atoms with van der Waals surface area (Å²) in [5.41, 5.74) is 8.07. The summed E-state index contributed by atoms with van der Waals surface area (Å²) in [6.07, 6.45) is 8.42. The van der Waals surface area contributed by atoms with Crippen LogP contribution < -0.4 is 10.5 Å². The maximum Gasteiger partial charge on any atom is 0.123 e. The Morgan fingerprint density at radius 2 is 2.00 bits per heavy atom. The van der Waals surface area contributed by atoms with Crippen LogP contribution in [0.15, 0.2) is 18.2 Å². The van der Waals surface area contributed by atoms with E-state index in [-0.39, 0.29) is 0 Å². The Morgan fingerprint density at radius 1 is 1.19 bits per heavy atom. The lowest BCUT2D eigenvalue weighted by Gasteiger charge is -2.30. The number of anilines is 1. The van der Waals surface area contributed by atoms with Gasteiger partial charge in [0, 0.05) is 23.8 Å². The first kappa shape index (κ1) is 14.7. The molecular formula is C18H28N2O. The molecule has 3 nitrogen and oxygen atoms in total. The molecule has 3 rings (SSSR count). The van der Waals surface area contributed by atoms with Crippen molar-refractivity contribution >= 4 is 5.69 Å². The Labute approximate surface area is 128 Å². The number of benzene rings is 1. The van der Waals surface area contributed by atoms with Gasteiger partial charge in [0.1, 0.15) is 5.75 Å². The molecule has 21 heavy (non-hydrogen) atoms. The molecule has 0 bridgehead atoms. The number of nitrogens with two attached hydrogens (primary N) is 1. The van der Waals surface area contributed by atoms with Gasteiger partial charge >= 0.3 is 0 Å². The van der Waals surface area contributed by atoms with Crippen LogP contribution in [0.5, 0.6) is 5.75 Å². The van der Waals surface area contributed by atoms with E-state index in [1.165, 1.54) is 50.6 Å². The largest absolute Gasteiger partial charge is 0.494 e. The molecule has 2 aliphatic rings. The van der Waals surface area contributed by atoms with Crippen LogP contribution in [-0.4, -0.2) is 24.1 Å². The molecule has 1 aliphatic heterocycles. The second kappa shape index (κ2) is 6.69. The van der Waals surface area contributed by atoms with E-state index >= 15 is 0 Å². The van der Waals surface area contributed by atoms with Crippen LogP contribution in [0.1, 0.15) is 51.0 Å². The molecule has 1 aliphatic carbocycles. The average Bonchev–Trinajstić information content (AvgIpc) is 3.12. The Kier molecular flexibility index (Phi) is 4.69. The van der Waals surface area contributed by atoms with Crippen LogP contribution in [0.3, 0.4) is 0 Å². The summed E-state index contributed by atoms with van der Waals surface area (Å²) < 4.78 is 5.78. The molecule has 3 heteroatoms. The highest BCUT2D eigenvalue weighted by molar-refractivity contribution is 5.47. The van der Waals surface area contributed by atoms with Gasteiger partial charge in [0.25, 0.3) is 0 Å². The number of hydrogen-bond acceptors (Lipinski definition) is 3. The SMILES string of the molecule is CCOc1ccc(N)cc1CN1CCCC1C1CCCC1. The average molecular weight is 288 g/mol. The monoisotopic (exact) mass is 288 g/mol. The van der Waals surface area contributed by atoms with Gasteiger partial charge in [0.15, 0.2) is 0 Å². The summed E-state index contributed by atoms with van der Waals surface area (Å²) in [5.74, 6) is 1.92. The molecular weight excluding hydrogens is 260 g/mol. The Balaban J connectivity index is 1.74. The first-order valence-electron chi connectivity index (χ1n) is 8.53. The molecule has 1 aromatic carbocycles. The molecule has 2 fully saturated rings. The number of nitrogen functional groups attached to an aromatic ring is 1. The second-order valence-electron chi connectivity index (χ2n) is 6.52. The van der Waals surface area contributed by atoms with Gasteiger partial charge in [-0.15, -0.1) is 0 Å². The molecule has 1 atom stereocenters. The standard InChI is InChI=1S/C18H28N2O/c1-2-21-18-10-9-16(19)12-15(18)13-20-11-5-8-17(20)14-6-3-4-7-14/h9-10,12,14,17H,2-8,11,13,19H2,1H3. The Bertz CT molecular complexity index is 468. The Hall–Kier alpha value is -1.22. The lowest BCUT2D eigenvalue weighted by atomic mass is 9.95. The first-order valence-corrected chi connectivity index (χ1v) is 8.53. The minimum Gasteiger partial charge on any atom is -0.494 e.